The Kier molecular flexibility index (Phi) is 9.82. The summed E-state index contributed by atoms with van der Waals surface area (Å²) >= 11 is 1.27. The van der Waals surface area contributed by atoms with E-state index in [1.54, 1.807) is 33.5 Å². The molecule has 1 aromatic heterocycles. The smallest absolute Gasteiger partial charge is 0.260 e. The number of aromatic nitrogens is 1. The Balaban J connectivity index is 0.00000361. The normalized spacial score (nSPS) is 15.0. The fourth-order valence-electron chi connectivity index (χ4n) is 4.20. The van der Waals surface area contributed by atoms with Crippen LogP contribution in [0.1, 0.15) is 42.5 Å². The molecule has 0 radical (unpaired) electrons. The third-order valence-corrected chi connectivity index (χ3v) is 9.08. The molecule has 0 saturated carbocycles. The molecule has 2 heterocycles. The van der Waals surface area contributed by atoms with Crippen LogP contribution in [-0.2, 0) is 10.0 Å². The molecule has 3 aromatic rings. The van der Waals surface area contributed by atoms with E-state index in [2.05, 4.69) is 4.98 Å². The summed E-state index contributed by atoms with van der Waals surface area (Å²) in [5.41, 5.74) is 0.612. The summed E-state index contributed by atoms with van der Waals surface area (Å²) in [6.07, 6.45) is 4.51. The summed E-state index contributed by atoms with van der Waals surface area (Å²) in [7, 11) is 0.327. The van der Waals surface area contributed by atoms with E-state index in [-0.39, 0.29) is 28.7 Å². The van der Waals surface area contributed by atoms with Gasteiger partial charge < -0.3 is 17.3 Å². The van der Waals surface area contributed by atoms with Crippen LogP contribution in [0.5, 0.6) is 0 Å². The first kappa shape index (κ1) is 28.5. The summed E-state index contributed by atoms with van der Waals surface area (Å²) in [6.45, 7) is 2.23. The highest BCUT2D eigenvalue weighted by atomic mass is 35.5. The minimum Gasteiger partial charge on any atom is -1.00 e. The summed E-state index contributed by atoms with van der Waals surface area (Å²) in [4.78, 5) is 21.7. The van der Waals surface area contributed by atoms with Gasteiger partial charge in [0.2, 0.25) is 10.0 Å². The molecule has 1 saturated heterocycles. The maximum Gasteiger partial charge on any atom is 0.260 e. The molecule has 0 atom stereocenters. The Bertz CT molecular complexity index is 1270. The van der Waals surface area contributed by atoms with E-state index in [4.69, 9.17) is 0 Å². The zero-order valence-corrected chi connectivity index (χ0v) is 22.9. The van der Waals surface area contributed by atoms with Crippen molar-refractivity contribution in [2.75, 3.05) is 45.2 Å². The number of carbonyl (C=O) groups is 1. The van der Waals surface area contributed by atoms with Crippen molar-refractivity contribution >= 4 is 42.6 Å². The standard InChI is InChI=1S/C25H31FN4O3S2.ClH/c1-28(2)15-8-18-30(25-27-23-21(26)9-7-10-22(23)34-25)24(31)19-11-13-20(14-12-19)35(32,33)29-16-5-3-4-6-17-29;/h7,9-14H,3-6,8,15-18H2,1-2H3;1H/p-1. The van der Waals surface area contributed by atoms with Crippen molar-refractivity contribution in [1.82, 2.24) is 14.2 Å². The number of rotatable bonds is 8. The average Bonchev–Trinajstić information content (AvgIpc) is 3.07. The minimum atomic E-state index is -3.60. The van der Waals surface area contributed by atoms with E-state index >= 15 is 0 Å². The Labute approximate surface area is 222 Å². The summed E-state index contributed by atoms with van der Waals surface area (Å²) in [5.74, 6) is -0.712. The highest BCUT2D eigenvalue weighted by Crippen LogP contribution is 2.31. The lowest BCUT2D eigenvalue weighted by atomic mass is 10.2. The summed E-state index contributed by atoms with van der Waals surface area (Å²) < 4.78 is 42.7. The Hall–Kier alpha value is -2.11. The molecule has 7 nitrogen and oxygen atoms in total. The molecule has 1 aliphatic heterocycles. The Morgan fingerprint density at radius 3 is 2.31 bits per heavy atom. The first-order valence-corrected chi connectivity index (χ1v) is 14.1. The van der Waals surface area contributed by atoms with Crippen LogP contribution in [0.25, 0.3) is 10.2 Å². The van der Waals surface area contributed by atoms with Crippen LogP contribution in [0.3, 0.4) is 0 Å². The van der Waals surface area contributed by atoms with Crippen LogP contribution in [0.15, 0.2) is 47.4 Å². The van der Waals surface area contributed by atoms with E-state index < -0.39 is 15.8 Å². The number of anilines is 1. The van der Waals surface area contributed by atoms with Gasteiger partial charge in [0.25, 0.3) is 5.91 Å². The molecule has 11 heteroatoms. The molecule has 4 rings (SSSR count). The van der Waals surface area contributed by atoms with Gasteiger partial charge in [0, 0.05) is 25.2 Å². The summed E-state index contributed by atoms with van der Waals surface area (Å²) in [6, 6.07) is 10.9. The van der Waals surface area contributed by atoms with Crippen LogP contribution >= 0.6 is 11.3 Å². The van der Waals surface area contributed by atoms with Crippen LogP contribution in [0.4, 0.5) is 9.52 Å². The van der Waals surface area contributed by atoms with Crippen LogP contribution in [0, 0.1) is 5.82 Å². The van der Waals surface area contributed by atoms with Gasteiger partial charge in [-0.1, -0.05) is 30.2 Å². The van der Waals surface area contributed by atoms with Crippen LogP contribution < -0.4 is 17.3 Å². The van der Waals surface area contributed by atoms with Crippen molar-refractivity contribution in [3.8, 4) is 0 Å². The van der Waals surface area contributed by atoms with Crippen molar-refractivity contribution in [3.05, 3.63) is 53.8 Å². The zero-order valence-electron chi connectivity index (χ0n) is 20.5. The number of carbonyl (C=O) groups excluding carboxylic acids is 1. The predicted octanol–water partition coefficient (Wildman–Crippen LogP) is 1.60. The number of fused-ring (bicyclic) bond motifs is 1. The van der Waals surface area contributed by atoms with Gasteiger partial charge in [-0.2, -0.15) is 4.31 Å². The molecule has 36 heavy (non-hydrogen) atoms. The Morgan fingerprint density at radius 1 is 1.03 bits per heavy atom. The number of hydrogen-bond donors (Lipinski definition) is 0. The second-order valence-electron chi connectivity index (χ2n) is 9.04. The van der Waals surface area contributed by atoms with Gasteiger partial charge in [0.1, 0.15) is 11.3 Å². The third kappa shape index (κ3) is 6.41. The molecule has 1 aliphatic rings. The quantitative estimate of drug-likeness (QED) is 0.424. The zero-order chi connectivity index (χ0) is 25.0. The van der Waals surface area contributed by atoms with E-state index in [0.29, 0.717) is 41.5 Å². The fraction of sp³-hybridized carbons (Fsp3) is 0.440. The van der Waals surface area contributed by atoms with E-state index in [1.165, 1.54) is 29.5 Å². The second kappa shape index (κ2) is 12.4. The van der Waals surface area contributed by atoms with Gasteiger partial charge >= 0.3 is 0 Å². The number of hydrogen-bond acceptors (Lipinski definition) is 6. The minimum absolute atomic E-state index is 0. The molecular formula is C25H31ClFN4O3S2-. The topological polar surface area (TPSA) is 73.8 Å². The molecular weight excluding hydrogens is 523 g/mol. The monoisotopic (exact) mass is 553 g/mol. The van der Waals surface area contributed by atoms with E-state index in [1.807, 2.05) is 19.0 Å². The molecule has 196 valence electrons. The third-order valence-electron chi connectivity index (χ3n) is 6.13. The molecule has 0 unspecified atom stereocenters. The number of benzene rings is 2. The highest BCUT2D eigenvalue weighted by Gasteiger charge is 2.26. The molecule has 1 fully saturated rings. The van der Waals surface area contributed by atoms with Gasteiger partial charge in [-0.25, -0.2) is 17.8 Å². The van der Waals surface area contributed by atoms with Crippen LogP contribution in [-0.4, -0.2) is 68.8 Å². The van der Waals surface area contributed by atoms with E-state index in [0.717, 1.165) is 32.2 Å². The van der Waals surface area contributed by atoms with Crippen molar-refractivity contribution in [1.29, 1.82) is 0 Å². The first-order chi connectivity index (χ1) is 16.8. The molecule has 2 aromatic carbocycles. The maximum atomic E-state index is 14.3. The van der Waals surface area contributed by atoms with Gasteiger partial charge in [-0.3, -0.25) is 9.69 Å². The van der Waals surface area contributed by atoms with Gasteiger partial charge in [-0.05, 0) is 76.3 Å². The molecule has 1 amide bonds. The maximum absolute atomic E-state index is 14.3. The average molecular weight is 554 g/mol. The first-order valence-electron chi connectivity index (χ1n) is 11.9. The number of nitrogens with zero attached hydrogens (tertiary/aromatic N) is 4. The van der Waals surface area contributed by atoms with Crippen molar-refractivity contribution in [3.63, 3.8) is 0 Å². The fourth-order valence-corrected chi connectivity index (χ4v) is 6.73. The van der Waals surface area contributed by atoms with Gasteiger partial charge in [-0.15, -0.1) is 0 Å². The lowest BCUT2D eigenvalue weighted by Gasteiger charge is -2.22. The van der Waals surface area contributed by atoms with Gasteiger partial charge in [0.15, 0.2) is 5.13 Å². The van der Waals surface area contributed by atoms with Crippen LogP contribution in [0.2, 0.25) is 0 Å². The molecule has 0 N–H and O–H groups in total. The molecule has 0 bridgehead atoms. The van der Waals surface area contributed by atoms with Crippen molar-refractivity contribution in [2.45, 2.75) is 37.0 Å². The predicted molar refractivity (Wildman–Crippen MR) is 138 cm³/mol. The lowest BCUT2D eigenvalue weighted by Crippen LogP contribution is -3.00. The molecule has 0 spiro atoms. The number of para-hydroxylation sites is 1. The number of sulfonamides is 1. The van der Waals surface area contributed by atoms with Gasteiger partial charge in [0.05, 0.1) is 9.60 Å². The highest BCUT2D eigenvalue weighted by molar-refractivity contribution is 7.89. The molecule has 0 aliphatic carbocycles. The SMILES string of the molecule is CN(C)CCCN(C(=O)c1ccc(S(=O)(=O)N2CCCCCC2)cc1)c1nc2c(F)cccc2s1.[Cl-]. The number of thiazole rings is 1. The van der Waals surface area contributed by atoms with Crippen molar-refractivity contribution < 1.29 is 30.0 Å². The van der Waals surface area contributed by atoms with E-state index in [9.17, 15) is 17.6 Å². The number of amides is 1. The summed E-state index contributed by atoms with van der Waals surface area (Å²) in [5, 5.41) is 0.426. The number of halogens is 2. The Morgan fingerprint density at radius 2 is 1.69 bits per heavy atom. The lowest BCUT2D eigenvalue weighted by molar-refractivity contribution is -0.0000178. The largest absolute Gasteiger partial charge is 1.00 e. The van der Waals surface area contributed by atoms with Crippen molar-refractivity contribution in [2.24, 2.45) is 0 Å². The second-order valence-corrected chi connectivity index (χ2v) is 12.0.